The minimum absolute atomic E-state index is 0.0767. The van der Waals surface area contributed by atoms with Gasteiger partial charge in [-0.2, -0.15) is 0 Å². The van der Waals surface area contributed by atoms with Gasteiger partial charge in [0.25, 0.3) is 0 Å². The van der Waals surface area contributed by atoms with Crippen LogP contribution in [0.15, 0.2) is 71.7 Å². The van der Waals surface area contributed by atoms with E-state index in [4.69, 9.17) is 11.6 Å². The lowest BCUT2D eigenvalue weighted by atomic mass is 9.98. The van der Waals surface area contributed by atoms with Crippen LogP contribution in [0.3, 0.4) is 0 Å². The summed E-state index contributed by atoms with van der Waals surface area (Å²) >= 11 is 8.80. The number of aromatic nitrogens is 1. The molecule has 2 nitrogen and oxygen atoms in total. The van der Waals surface area contributed by atoms with Crippen molar-refractivity contribution in [2.45, 2.75) is 11.4 Å². The summed E-state index contributed by atoms with van der Waals surface area (Å²) in [5, 5.41) is 0.558. The predicted octanol–water partition coefficient (Wildman–Crippen LogP) is 6.67. The molecule has 0 spiro atoms. The Morgan fingerprint density at radius 3 is 2.57 bits per heavy atom. The van der Waals surface area contributed by atoms with Gasteiger partial charge in [-0.05, 0) is 54.4 Å². The maximum Gasteiger partial charge on any atom is 0.190 e. The Balaban J connectivity index is 2.09. The van der Waals surface area contributed by atoms with Gasteiger partial charge in [0.05, 0.1) is 16.8 Å². The molecule has 0 aliphatic carbocycles. The summed E-state index contributed by atoms with van der Waals surface area (Å²) in [7, 11) is 0. The molecule has 0 radical (unpaired) electrons. The molecule has 0 saturated heterocycles. The zero-order valence-corrected chi connectivity index (χ0v) is 18.0. The third-order valence-corrected chi connectivity index (χ3v) is 6.00. The minimum Gasteiger partial charge on any atom is -0.316 e. The van der Waals surface area contributed by atoms with Crippen LogP contribution in [0.1, 0.15) is 11.1 Å². The smallest absolute Gasteiger partial charge is 0.190 e. The molecule has 0 unspecified atom stereocenters. The third-order valence-electron chi connectivity index (χ3n) is 4.86. The van der Waals surface area contributed by atoms with E-state index >= 15 is 0 Å². The fourth-order valence-electron chi connectivity index (χ4n) is 3.58. The van der Waals surface area contributed by atoms with Crippen LogP contribution in [-0.2, 0) is 4.43 Å². The van der Waals surface area contributed by atoms with Crippen LogP contribution >= 0.6 is 34.2 Å². The van der Waals surface area contributed by atoms with Gasteiger partial charge in [0.1, 0.15) is 5.82 Å². The van der Waals surface area contributed by atoms with Gasteiger partial charge in [0, 0.05) is 32.8 Å². The number of nitrogens with zero attached hydrogens (tertiary/aromatic N) is 1. The molecule has 2 heterocycles. The van der Waals surface area contributed by atoms with Crippen molar-refractivity contribution in [3.63, 3.8) is 0 Å². The van der Waals surface area contributed by atoms with E-state index in [9.17, 15) is 9.18 Å². The maximum absolute atomic E-state index is 13.6. The molecule has 0 atom stereocenters. The van der Waals surface area contributed by atoms with E-state index in [-0.39, 0.29) is 11.2 Å². The number of hydrogen-bond donors (Lipinski definition) is 0. The first-order valence-corrected chi connectivity index (χ1v) is 10.7. The first kappa shape index (κ1) is 19.2. The van der Waals surface area contributed by atoms with Crippen LogP contribution in [0.25, 0.3) is 27.9 Å². The van der Waals surface area contributed by atoms with E-state index in [2.05, 4.69) is 22.6 Å². The molecule has 0 amide bonds. The van der Waals surface area contributed by atoms with Crippen LogP contribution in [0.5, 0.6) is 0 Å². The van der Waals surface area contributed by atoms with Crippen molar-refractivity contribution in [1.82, 2.24) is 4.40 Å². The van der Waals surface area contributed by atoms with E-state index in [1.165, 1.54) is 12.1 Å². The summed E-state index contributed by atoms with van der Waals surface area (Å²) < 4.78 is 16.3. The molecule has 0 saturated carbocycles. The van der Waals surface area contributed by atoms with Crippen LogP contribution in [0.2, 0.25) is 5.02 Å². The molecule has 2 aromatic heterocycles. The highest BCUT2D eigenvalue weighted by Gasteiger charge is 2.17. The fraction of sp³-hybridized carbons (Fsp3) is 0.0870. The first-order chi connectivity index (χ1) is 13.5. The molecule has 4 aromatic rings. The van der Waals surface area contributed by atoms with Crippen molar-refractivity contribution in [2.24, 2.45) is 0 Å². The first-order valence-electron chi connectivity index (χ1n) is 8.76. The quantitative estimate of drug-likeness (QED) is 0.226. The summed E-state index contributed by atoms with van der Waals surface area (Å²) in [5.41, 5.74) is 5.70. The second-order valence-electron chi connectivity index (χ2n) is 6.59. The summed E-state index contributed by atoms with van der Waals surface area (Å²) in [6.07, 6.45) is 1.76. The Bertz CT molecular complexity index is 1270. The number of fused-ring (bicyclic) bond motifs is 1. The third kappa shape index (κ3) is 3.25. The Morgan fingerprint density at radius 2 is 1.82 bits per heavy atom. The molecule has 0 aliphatic rings. The molecular formula is C23H16ClFINO. The standard InChI is InChI=1S/C23H16ClFINO/c1-14-12-16(25)8-9-17(14)19-6-3-7-20-23(21(28)10-11-27(19)20)22-15(13-26)4-2-5-18(22)24/h2-12H,13H2,1H3. The normalized spacial score (nSPS) is 11.1. The van der Waals surface area contributed by atoms with Crippen molar-refractivity contribution in [2.75, 3.05) is 0 Å². The molecule has 2 aromatic carbocycles. The highest BCUT2D eigenvalue weighted by atomic mass is 127. The molecule has 0 bridgehead atoms. The largest absolute Gasteiger partial charge is 0.316 e. The zero-order chi connectivity index (χ0) is 19.8. The number of benzene rings is 2. The van der Waals surface area contributed by atoms with Gasteiger partial charge in [-0.3, -0.25) is 4.79 Å². The number of hydrogen-bond acceptors (Lipinski definition) is 1. The lowest BCUT2D eigenvalue weighted by molar-refractivity contribution is 0.627. The topological polar surface area (TPSA) is 21.5 Å². The van der Waals surface area contributed by atoms with Crippen LogP contribution < -0.4 is 5.43 Å². The summed E-state index contributed by atoms with van der Waals surface area (Å²) in [5.74, 6) is -0.267. The zero-order valence-electron chi connectivity index (χ0n) is 15.0. The summed E-state index contributed by atoms with van der Waals surface area (Å²) in [4.78, 5) is 12.9. The fourth-order valence-corrected chi connectivity index (χ4v) is 4.51. The van der Waals surface area contributed by atoms with E-state index in [1.807, 2.05) is 47.7 Å². The maximum atomic E-state index is 13.6. The van der Waals surface area contributed by atoms with Crippen LogP contribution in [0, 0.1) is 12.7 Å². The van der Waals surface area contributed by atoms with Crippen molar-refractivity contribution in [3.05, 3.63) is 99.1 Å². The minimum atomic E-state index is -0.267. The molecule has 0 N–H and O–H groups in total. The van der Waals surface area contributed by atoms with Gasteiger partial charge >= 0.3 is 0 Å². The second kappa shape index (κ2) is 7.68. The van der Waals surface area contributed by atoms with Crippen molar-refractivity contribution in [3.8, 4) is 22.4 Å². The number of aryl methyl sites for hydroxylation is 1. The lowest BCUT2D eigenvalue weighted by Gasteiger charge is -2.16. The van der Waals surface area contributed by atoms with Gasteiger partial charge in [0.15, 0.2) is 5.43 Å². The van der Waals surface area contributed by atoms with Gasteiger partial charge < -0.3 is 4.40 Å². The summed E-state index contributed by atoms with van der Waals surface area (Å²) in [6, 6.07) is 17.8. The highest BCUT2D eigenvalue weighted by Crippen LogP contribution is 2.35. The van der Waals surface area contributed by atoms with Crippen LogP contribution in [0.4, 0.5) is 4.39 Å². The van der Waals surface area contributed by atoms with Gasteiger partial charge in [-0.1, -0.05) is 52.4 Å². The molecular weight excluding hydrogens is 488 g/mol. The number of rotatable bonds is 3. The Morgan fingerprint density at radius 1 is 1.04 bits per heavy atom. The van der Waals surface area contributed by atoms with Crippen molar-refractivity contribution < 1.29 is 4.39 Å². The number of pyridine rings is 2. The average Bonchev–Trinajstić information content (AvgIpc) is 2.68. The summed E-state index contributed by atoms with van der Waals surface area (Å²) in [6.45, 7) is 1.88. The lowest BCUT2D eigenvalue weighted by Crippen LogP contribution is -2.10. The Labute approximate surface area is 180 Å². The van der Waals surface area contributed by atoms with Crippen molar-refractivity contribution >= 4 is 39.7 Å². The molecule has 0 fully saturated rings. The highest BCUT2D eigenvalue weighted by molar-refractivity contribution is 14.1. The van der Waals surface area contributed by atoms with Gasteiger partial charge in [0.2, 0.25) is 0 Å². The predicted molar refractivity (Wildman–Crippen MR) is 122 cm³/mol. The SMILES string of the molecule is Cc1cc(F)ccc1-c1cccc2c(-c3c(Cl)cccc3CI)c(=O)ccn12. The van der Waals surface area contributed by atoms with Crippen LogP contribution in [-0.4, -0.2) is 4.40 Å². The Kier molecular flexibility index (Phi) is 5.25. The molecule has 0 aliphatic heterocycles. The second-order valence-corrected chi connectivity index (χ2v) is 7.76. The van der Waals surface area contributed by atoms with E-state index in [1.54, 1.807) is 18.3 Å². The molecule has 5 heteroatoms. The van der Waals surface area contributed by atoms with E-state index in [0.29, 0.717) is 10.6 Å². The van der Waals surface area contributed by atoms with E-state index in [0.717, 1.165) is 37.9 Å². The van der Waals surface area contributed by atoms with Gasteiger partial charge in [-0.15, -0.1) is 0 Å². The molecule has 140 valence electrons. The monoisotopic (exact) mass is 503 g/mol. The average molecular weight is 504 g/mol. The van der Waals surface area contributed by atoms with Crippen molar-refractivity contribution in [1.29, 1.82) is 0 Å². The number of halogens is 3. The number of alkyl halides is 1. The van der Waals surface area contributed by atoms with Gasteiger partial charge in [-0.25, -0.2) is 4.39 Å². The molecule has 4 rings (SSSR count). The molecule has 28 heavy (non-hydrogen) atoms. The Hall–Kier alpha value is -2.18. The van der Waals surface area contributed by atoms with E-state index < -0.39 is 0 Å².